The van der Waals surface area contributed by atoms with Gasteiger partial charge in [-0.15, -0.1) is 0 Å². The van der Waals surface area contributed by atoms with E-state index in [4.69, 9.17) is 4.74 Å². The summed E-state index contributed by atoms with van der Waals surface area (Å²) in [5.41, 5.74) is 4.78. The van der Waals surface area contributed by atoms with Crippen LogP contribution in [-0.4, -0.2) is 15.9 Å². The number of aromatic nitrogens is 2. The van der Waals surface area contributed by atoms with E-state index in [9.17, 15) is 4.79 Å². The van der Waals surface area contributed by atoms with Crippen LogP contribution in [0.5, 0.6) is 5.88 Å². The molecule has 1 heterocycles. The Bertz CT molecular complexity index is 901. The van der Waals surface area contributed by atoms with Crippen molar-refractivity contribution in [1.29, 1.82) is 0 Å². The molecule has 0 saturated heterocycles. The smallest absolute Gasteiger partial charge is 0.344 e. The third kappa shape index (κ3) is 5.98. The number of ether oxygens (including phenoxy) is 1. The van der Waals surface area contributed by atoms with Gasteiger partial charge >= 0.3 is 5.97 Å². The molecule has 0 aliphatic heterocycles. The second-order valence-electron chi connectivity index (χ2n) is 7.19. The van der Waals surface area contributed by atoms with Crippen LogP contribution in [0.25, 0.3) is 11.3 Å². The van der Waals surface area contributed by atoms with Crippen LogP contribution in [-0.2, 0) is 12.8 Å². The van der Waals surface area contributed by atoms with Crippen molar-refractivity contribution in [3.8, 4) is 17.1 Å². The average molecular weight is 389 g/mol. The Morgan fingerprint density at radius 3 is 2.17 bits per heavy atom. The van der Waals surface area contributed by atoms with Crippen LogP contribution in [0.3, 0.4) is 0 Å². The zero-order chi connectivity index (χ0) is 20.5. The van der Waals surface area contributed by atoms with Crippen LogP contribution in [0, 0.1) is 0 Å². The Labute approximate surface area is 173 Å². The Morgan fingerprint density at radius 1 is 0.828 bits per heavy atom. The molecule has 1 aromatic heterocycles. The normalized spacial score (nSPS) is 10.7. The molecule has 3 rings (SSSR count). The number of hydrogen-bond donors (Lipinski definition) is 0. The third-order valence-corrected chi connectivity index (χ3v) is 4.99. The maximum Gasteiger partial charge on any atom is 0.344 e. The van der Waals surface area contributed by atoms with E-state index in [0.717, 1.165) is 24.1 Å². The predicted molar refractivity (Wildman–Crippen MR) is 116 cm³/mol. The van der Waals surface area contributed by atoms with Gasteiger partial charge in [0.05, 0.1) is 23.7 Å². The van der Waals surface area contributed by atoms with Crippen molar-refractivity contribution in [2.24, 2.45) is 0 Å². The first-order chi connectivity index (χ1) is 14.2. The second kappa shape index (κ2) is 10.5. The maximum absolute atomic E-state index is 12.4. The molecule has 0 atom stereocenters. The van der Waals surface area contributed by atoms with Crippen LogP contribution < -0.4 is 4.74 Å². The minimum absolute atomic E-state index is 0.201. The van der Waals surface area contributed by atoms with Crippen LogP contribution in [0.4, 0.5) is 0 Å². The first-order valence-corrected chi connectivity index (χ1v) is 10.4. The van der Waals surface area contributed by atoms with Crippen molar-refractivity contribution >= 4 is 5.97 Å². The van der Waals surface area contributed by atoms with E-state index in [1.54, 1.807) is 6.20 Å². The second-order valence-corrected chi connectivity index (χ2v) is 7.19. The molecule has 0 amide bonds. The highest BCUT2D eigenvalue weighted by Crippen LogP contribution is 2.19. The number of aryl methyl sites for hydroxylation is 2. The number of hydrogen-bond acceptors (Lipinski definition) is 4. The van der Waals surface area contributed by atoms with Gasteiger partial charge in [-0.05, 0) is 42.5 Å². The molecular weight excluding hydrogens is 360 g/mol. The molecule has 29 heavy (non-hydrogen) atoms. The minimum atomic E-state index is -0.420. The number of carbonyl (C=O) groups is 1. The van der Waals surface area contributed by atoms with E-state index < -0.39 is 5.97 Å². The van der Waals surface area contributed by atoms with Crippen molar-refractivity contribution in [2.45, 2.75) is 52.4 Å². The first-order valence-electron chi connectivity index (χ1n) is 10.4. The molecule has 2 aromatic carbocycles. The molecule has 0 aliphatic carbocycles. The summed E-state index contributed by atoms with van der Waals surface area (Å²) in [6.45, 7) is 4.33. The number of carbonyl (C=O) groups excluding carboxylic acids is 1. The largest absolute Gasteiger partial charge is 0.402 e. The van der Waals surface area contributed by atoms with E-state index >= 15 is 0 Å². The summed E-state index contributed by atoms with van der Waals surface area (Å²) < 4.78 is 5.37. The molecule has 0 saturated carbocycles. The van der Waals surface area contributed by atoms with Gasteiger partial charge in [0, 0.05) is 5.56 Å². The van der Waals surface area contributed by atoms with Crippen molar-refractivity contribution < 1.29 is 9.53 Å². The minimum Gasteiger partial charge on any atom is -0.402 e. The topological polar surface area (TPSA) is 52.1 Å². The molecule has 0 N–H and O–H groups in total. The van der Waals surface area contributed by atoms with Crippen molar-refractivity contribution in [3.63, 3.8) is 0 Å². The van der Waals surface area contributed by atoms with Gasteiger partial charge < -0.3 is 4.74 Å². The lowest BCUT2D eigenvalue weighted by Crippen LogP contribution is -2.09. The molecular formula is C25H28N2O2. The van der Waals surface area contributed by atoms with Crippen LogP contribution in [0.15, 0.2) is 60.9 Å². The summed E-state index contributed by atoms with van der Waals surface area (Å²) in [6.07, 6.45) is 10.1. The monoisotopic (exact) mass is 388 g/mol. The summed E-state index contributed by atoms with van der Waals surface area (Å²) in [5, 5.41) is 0. The van der Waals surface area contributed by atoms with Crippen LogP contribution >= 0.6 is 0 Å². The van der Waals surface area contributed by atoms with Gasteiger partial charge in [-0.25, -0.2) is 14.8 Å². The van der Waals surface area contributed by atoms with Crippen LogP contribution in [0.2, 0.25) is 0 Å². The van der Waals surface area contributed by atoms with E-state index in [2.05, 4.69) is 35.9 Å². The fraction of sp³-hybridized carbons (Fsp3) is 0.320. The fourth-order valence-corrected chi connectivity index (χ4v) is 3.15. The van der Waals surface area contributed by atoms with Gasteiger partial charge in [-0.2, -0.15) is 0 Å². The standard InChI is InChI=1S/C25H28N2O2/c1-3-5-6-7-8-20-11-15-22(16-12-20)25(28)29-24-18-26-23(17-27-24)21-13-9-19(4-2)10-14-21/h9-18H,3-8H2,1-2H3. The van der Waals surface area contributed by atoms with Crippen molar-refractivity contribution in [3.05, 3.63) is 77.6 Å². The zero-order valence-corrected chi connectivity index (χ0v) is 17.2. The lowest BCUT2D eigenvalue weighted by atomic mass is 10.0. The molecule has 0 bridgehead atoms. The molecule has 0 spiro atoms. The highest BCUT2D eigenvalue weighted by atomic mass is 16.5. The molecule has 3 aromatic rings. The predicted octanol–water partition coefficient (Wildman–Crippen LogP) is 6.05. The average Bonchev–Trinajstić information content (AvgIpc) is 2.78. The highest BCUT2D eigenvalue weighted by molar-refractivity contribution is 5.90. The third-order valence-electron chi connectivity index (χ3n) is 4.99. The number of esters is 1. The number of benzene rings is 2. The van der Waals surface area contributed by atoms with E-state index in [-0.39, 0.29) is 5.88 Å². The summed E-state index contributed by atoms with van der Waals surface area (Å²) >= 11 is 0. The van der Waals surface area contributed by atoms with Gasteiger partial charge in [0.15, 0.2) is 0 Å². The summed E-state index contributed by atoms with van der Waals surface area (Å²) in [4.78, 5) is 21.0. The van der Waals surface area contributed by atoms with Gasteiger partial charge in [0.25, 0.3) is 0 Å². The quantitative estimate of drug-likeness (QED) is 0.331. The van der Waals surface area contributed by atoms with E-state index in [1.807, 2.05) is 36.4 Å². The van der Waals surface area contributed by atoms with E-state index in [0.29, 0.717) is 5.56 Å². The number of unbranched alkanes of at least 4 members (excludes halogenated alkanes) is 3. The van der Waals surface area contributed by atoms with Gasteiger partial charge in [0.2, 0.25) is 5.88 Å². The molecule has 150 valence electrons. The first kappa shape index (κ1) is 20.7. The Hall–Kier alpha value is -3.01. The Balaban J connectivity index is 1.57. The van der Waals surface area contributed by atoms with Crippen molar-refractivity contribution in [2.75, 3.05) is 0 Å². The Morgan fingerprint density at radius 2 is 1.55 bits per heavy atom. The summed E-state index contributed by atoms with van der Waals surface area (Å²) in [6, 6.07) is 15.8. The zero-order valence-electron chi connectivity index (χ0n) is 17.2. The summed E-state index contributed by atoms with van der Waals surface area (Å²) in [7, 11) is 0. The molecule has 0 fully saturated rings. The highest BCUT2D eigenvalue weighted by Gasteiger charge is 2.10. The maximum atomic E-state index is 12.4. The van der Waals surface area contributed by atoms with E-state index in [1.165, 1.54) is 43.0 Å². The summed E-state index contributed by atoms with van der Waals surface area (Å²) in [5.74, 6) is -0.218. The molecule has 0 radical (unpaired) electrons. The van der Waals surface area contributed by atoms with Gasteiger partial charge in [-0.3, -0.25) is 0 Å². The number of nitrogens with zero attached hydrogens (tertiary/aromatic N) is 2. The van der Waals surface area contributed by atoms with Gasteiger partial charge in [-0.1, -0.05) is 69.5 Å². The lowest BCUT2D eigenvalue weighted by Gasteiger charge is -2.06. The number of rotatable bonds is 9. The van der Waals surface area contributed by atoms with Crippen molar-refractivity contribution in [1.82, 2.24) is 9.97 Å². The molecule has 0 unspecified atom stereocenters. The lowest BCUT2D eigenvalue weighted by molar-refractivity contribution is 0.0727. The molecule has 4 heteroatoms. The molecule has 4 nitrogen and oxygen atoms in total. The Kier molecular flexibility index (Phi) is 7.51. The SMILES string of the molecule is CCCCCCc1ccc(C(=O)Oc2cnc(-c3ccc(CC)cc3)cn2)cc1. The fourth-order valence-electron chi connectivity index (χ4n) is 3.15. The van der Waals surface area contributed by atoms with Crippen LogP contribution in [0.1, 0.15) is 61.0 Å². The van der Waals surface area contributed by atoms with Gasteiger partial charge in [0.1, 0.15) is 0 Å². The molecule has 0 aliphatic rings.